The van der Waals surface area contributed by atoms with Gasteiger partial charge in [-0.2, -0.15) is 0 Å². The maximum Gasteiger partial charge on any atom is 0.226 e. The number of piperidine rings is 1. The van der Waals surface area contributed by atoms with Crippen molar-refractivity contribution in [3.05, 3.63) is 25.3 Å². The lowest BCUT2D eigenvalue weighted by atomic mass is 9.96. The van der Waals surface area contributed by atoms with Crippen molar-refractivity contribution in [2.24, 2.45) is 5.92 Å². The molecular weight excluding hydrogens is 236 g/mol. The largest absolute Gasteiger partial charge is 0.339 e. The molecule has 1 fully saturated rings. The standard InChI is InChI=1S/C16H28N2O/c1-4-7-14(8-5-2)16(19)18(13-6-3)15-9-11-17-12-10-15/h4-5,14-15,17H,1-2,6-13H2,3H3. The van der Waals surface area contributed by atoms with Crippen LogP contribution in [0, 0.1) is 5.92 Å². The van der Waals surface area contributed by atoms with E-state index in [1.165, 1.54) is 0 Å². The Balaban J connectivity index is 2.73. The van der Waals surface area contributed by atoms with E-state index in [4.69, 9.17) is 0 Å². The zero-order chi connectivity index (χ0) is 14.1. The first-order valence-electron chi connectivity index (χ1n) is 7.47. The molecule has 0 aromatic heterocycles. The van der Waals surface area contributed by atoms with Crippen molar-refractivity contribution in [2.75, 3.05) is 19.6 Å². The first-order chi connectivity index (χ1) is 9.24. The van der Waals surface area contributed by atoms with Gasteiger partial charge in [-0.05, 0) is 45.2 Å². The Labute approximate surface area is 117 Å². The van der Waals surface area contributed by atoms with Gasteiger partial charge in [0.25, 0.3) is 0 Å². The molecule has 3 nitrogen and oxygen atoms in total. The molecule has 0 saturated carbocycles. The van der Waals surface area contributed by atoms with Gasteiger partial charge in [0, 0.05) is 18.5 Å². The predicted octanol–water partition coefficient (Wildman–Crippen LogP) is 2.75. The number of carbonyl (C=O) groups is 1. The number of amides is 1. The summed E-state index contributed by atoms with van der Waals surface area (Å²) in [6, 6.07) is 0.408. The Kier molecular flexibility index (Phi) is 7.49. The van der Waals surface area contributed by atoms with Crippen molar-refractivity contribution in [3.8, 4) is 0 Å². The maximum atomic E-state index is 12.7. The Hall–Kier alpha value is -1.09. The summed E-state index contributed by atoms with van der Waals surface area (Å²) < 4.78 is 0. The molecule has 108 valence electrons. The number of rotatable bonds is 8. The van der Waals surface area contributed by atoms with Crippen LogP contribution in [0.1, 0.15) is 39.0 Å². The molecule has 0 bridgehead atoms. The quantitative estimate of drug-likeness (QED) is 0.684. The number of allylic oxidation sites excluding steroid dienone is 2. The molecule has 0 aromatic carbocycles. The summed E-state index contributed by atoms with van der Waals surface area (Å²) in [4.78, 5) is 14.8. The van der Waals surface area contributed by atoms with Crippen LogP contribution in [-0.4, -0.2) is 36.5 Å². The molecular formula is C16H28N2O. The van der Waals surface area contributed by atoms with Crippen LogP contribution in [0.2, 0.25) is 0 Å². The third-order valence-corrected chi connectivity index (χ3v) is 3.75. The molecule has 1 saturated heterocycles. The highest BCUT2D eigenvalue weighted by molar-refractivity contribution is 5.79. The van der Waals surface area contributed by atoms with Gasteiger partial charge in [-0.25, -0.2) is 0 Å². The SMILES string of the molecule is C=CCC(CC=C)C(=O)N(CCC)C1CCNCC1. The highest BCUT2D eigenvalue weighted by Gasteiger charge is 2.28. The summed E-state index contributed by atoms with van der Waals surface area (Å²) >= 11 is 0. The molecule has 1 rings (SSSR count). The van der Waals surface area contributed by atoms with E-state index in [1.54, 1.807) is 0 Å². The molecule has 0 spiro atoms. The van der Waals surface area contributed by atoms with Crippen LogP contribution in [0.5, 0.6) is 0 Å². The van der Waals surface area contributed by atoms with E-state index >= 15 is 0 Å². The van der Waals surface area contributed by atoms with E-state index in [-0.39, 0.29) is 11.8 Å². The van der Waals surface area contributed by atoms with Gasteiger partial charge >= 0.3 is 0 Å². The van der Waals surface area contributed by atoms with Gasteiger partial charge in [-0.1, -0.05) is 19.1 Å². The summed E-state index contributed by atoms with van der Waals surface area (Å²) in [6.45, 7) is 12.6. The summed E-state index contributed by atoms with van der Waals surface area (Å²) in [5, 5.41) is 3.36. The molecule has 1 amide bonds. The van der Waals surface area contributed by atoms with E-state index < -0.39 is 0 Å². The molecule has 0 atom stereocenters. The van der Waals surface area contributed by atoms with Crippen molar-refractivity contribution < 1.29 is 4.79 Å². The minimum absolute atomic E-state index is 0.0245. The highest BCUT2D eigenvalue weighted by Crippen LogP contribution is 2.20. The second-order valence-electron chi connectivity index (χ2n) is 5.26. The van der Waals surface area contributed by atoms with Crippen molar-refractivity contribution >= 4 is 5.91 Å². The lowest BCUT2D eigenvalue weighted by Crippen LogP contribution is -2.48. The number of hydrogen-bond acceptors (Lipinski definition) is 2. The fourth-order valence-electron chi connectivity index (χ4n) is 2.77. The molecule has 0 aliphatic carbocycles. The van der Waals surface area contributed by atoms with E-state index in [0.717, 1.165) is 51.7 Å². The second-order valence-corrected chi connectivity index (χ2v) is 5.26. The van der Waals surface area contributed by atoms with Crippen LogP contribution < -0.4 is 5.32 Å². The van der Waals surface area contributed by atoms with E-state index in [1.807, 2.05) is 12.2 Å². The van der Waals surface area contributed by atoms with Crippen LogP contribution in [-0.2, 0) is 4.79 Å². The van der Waals surface area contributed by atoms with Gasteiger partial charge in [-0.3, -0.25) is 4.79 Å². The third-order valence-electron chi connectivity index (χ3n) is 3.75. The molecule has 0 aromatic rings. The fourth-order valence-corrected chi connectivity index (χ4v) is 2.77. The molecule has 0 radical (unpaired) electrons. The van der Waals surface area contributed by atoms with Gasteiger partial charge in [0.05, 0.1) is 0 Å². The van der Waals surface area contributed by atoms with Gasteiger partial charge in [0.1, 0.15) is 0 Å². The second kappa shape index (κ2) is 8.92. The van der Waals surface area contributed by atoms with Crippen molar-refractivity contribution in [1.82, 2.24) is 10.2 Å². The summed E-state index contributed by atoms with van der Waals surface area (Å²) in [6.07, 6.45) is 8.34. The fraction of sp³-hybridized carbons (Fsp3) is 0.688. The summed E-state index contributed by atoms with van der Waals surface area (Å²) in [7, 11) is 0. The minimum Gasteiger partial charge on any atom is -0.339 e. The Morgan fingerprint density at radius 1 is 1.32 bits per heavy atom. The molecule has 1 N–H and O–H groups in total. The van der Waals surface area contributed by atoms with E-state index in [0.29, 0.717) is 6.04 Å². The molecule has 0 unspecified atom stereocenters. The zero-order valence-corrected chi connectivity index (χ0v) is 12.2. The zero-order valence-electron chi connectivity index (χ0n) is 12.2. The molecule has 1 aliphatic rings. The van der Waals surface area contributed by atoms with Crippen LogP contribution in [0.25, 0.3) is 0 Å². The maximum absolute atomic E-state index is 12.7. The van der Waals surface area contributed by atoms with Crippen LogP contribution in [0.4, 0.5) is 0 Å². The van der Waals surface area contributed by atoms with Crippen molar-refractivity contribution in [1.29, 1.82) is 0 Å². The van der Waals surface area contributed by atoms with E-state index in [9.17, 15) is 4.79 Å². The van der Waals surface area contributed by atoms with Gasteiger partial charge < -0.3 is 10.2 Å². The normalized spacial score (nSPS) is 16.3. The van der Waals surface area contributed by atoms with Gasteiger partial charge in [0.15, 0.2) is 0 Å². The first kappa shape index (κ1) is 16.0. The lowest BCUT2D eigenvalue weighted by molar-refractivity contribution is -0.138. The molecule has 1 aliphatic heterocycles. The van der Waals surface area contributed by atoms with Crippen LogP contribution in [0.15, 0.2) is 25.3 Å². The monoisotopic (exact) mass is 264 g/mol. The summed E-state index contributed by atoms with van der Waals surface area (Å²) in [5.74, 6) is 0.310. The number of carbonyl (C=O) groups excluding carboxylic acids is 1. The topological polar surface area (TPSA) is 32.3 Å². The lowest BCUT2D eigenvalue weighted by Gasteiger charge is -2.36. The smallest absolute Gasteiger partial charge is 0.226 e. The average Bonchev–Trinajstić information content (AvgIpc) is 2.45. The van der Waals surface area contributed by atoms with Crippen LogP contribution in [0.3, 0.4) is 0 Å². The summed E-state index contributed by atoms with van der Waals surface area (Å²) in [5.41, 5.74) is 0. The molecule has 3 heteroatoms. The number of nitrogens with zero attached hydrogens (tertiary/aromatic N) is 1. The number of hydrogen-bond donors (Lipinski definition) is 1. The Bertz CT molecular complexity index is 285. The average molecular weight is 264 g/mol. The Morgan fingerprint density at radius 2 is 1.89 bits per heavy atom. The first-order valence-corrected chi connectivity index (χ1v) is 7.47. The number of nitrogens with one attached hydrogen (secondary N) is 1. The van der Waals surface area contributed by atoms with Crippen molar-refractivity contribution in [3.63, 3.8) is 0 Å². The predicted molar refractivity (Wildman–Crippen MR) is 81.0 cm³/mol. The van der Waals surface area contributed by atoms with Crippen molar-refractivity contribution in [2.45, 2.75) is 45.1 Å². The van der Waals surface area contributed by atoms with Crippen LogP contribution >= 0.6 is 0 Å². The molecule has 19 heavy (non-hydrogen) atoms. The third kappa shape index (κ3) is 4.83. The minimum atomic E-state index is 0.0245. The Morgan fingerprint density at radius 3 is 2.37 bits per heavy atom. The van der Waals surface area contributed by atoms with E-state index in [2.05, 4.69) is 30.3 Å². The van der Waals surface area contributed by atoms with Gasteiger partial charge in [0.2, 0.25) is 5.91 Å². The van der Waals surface area contributed by atoms with Gasteiger partial charge in [-0.15, -0.1) is 13.2 Å². The highest BCUT2D eigenvalue weighted by atomic mass is 16.2. The molecule has 1 heterocycles.